The predicted octanol–water partition coefficient (Wildman–Crippen LogP) is 1.39. The molecule has 0 aliphatic heterocycles. The first-order valence-corrected chi connectivity index (χ1v) is 6.51. The third-order valence-corrected chi connectivity index (χ3v) is 3.40. The van der Waals surface area contributed by atoms with Crippen molar-refractivity contribution in [1.82, 2.24) is 4.90 Å². The molecule has 1 amide bonds. The van der Waals surface area contributed by atoms with Crippen LogP contribution in [0.3, 0.4) is 0 Å². The summed E-state index contributed by atoms with van der Waals surface area (Å²) in [6, 6.07) is 0.0713. The minimum Gasteiger partial charge on any atom is -0.368 e. The molecule has 1 rings (SSSR count). The average Bonchev–Trinajstić information content (AvgIpc) is 3.04. The van der Waals surface area contributed by atoms with Crippen molar-refractivity contribution in [1.29, 1.82) is 0 Å². The van der Waals surface area contributed by atoms with E-state index in [0.717, 1.165) is 12.8 Å². The van der Waals surface area contributed by atoms with Gasteiger partial charge in [0.15, 0.2) is 0 Å². The second kappa shape index (κ2) is 6.09. The second-order valence-electron chi connectivity index (χ2n) is 5.56. The summed E-state index contributed by atoms with van der Waals surface area (Å²) in [6.07, 6.45) is -0.896. The Labute approximate surface area is 111 Å². The summed E-state index contributed by atoms with van der Waals surface area (Å²) in [5.41, 5.74) is 9.74. The van der Waals surface area contributed by atoms with Crippen molar-refractivity contribution in [2.75, 3.05) is 13.1 Å². The lowest BCUT2D eigenvalue weighted by molar-refractivity contribution is -0.147. The van der Waals surface area contributed by atoms with Gasteiger partial charge in [-0.25, -0.2) is 0 Å². The van der Waals surface area contributed by atoms with Crippen LogP contribution in [0.15, 0.2) is 0 Å². The highest BCUT2D eigenvalue weighted by Crippen LogP contribution is 2.30. The molecule has 0 radical (unpaired) electrons. The van der Waals surface area contributed by atoms with E-state index in [2.05, 4.69) is 0 Å². The maximum absolute atomic E-state index is 12.4. The molecule has 0 saturated heterocycles. The zero-order valence-corrected chi connectivity index (χ0v) is 11.2. The Kier molecular flexibility index (Phi) is 5.20. The highest BCUT2D eigenvalue weighted by molar-refractivity contribution is 5.83. The van der Waals surface area contributed by atoms with Crippen molar-refractivity contribution in [3.8, 4) is 0 Å². The molecule has 1 aliphatic carbocycles. The van der Waals surface area contributed by atoms with E-state index in [1.807, 2.05) is 0 Å². The van der Waals surface area contributed by atoms with E-state index in [1.54, 1.807) is 6.92 Å². The SMILES string of the molecule is CC(N)(CCCCN(CC(F)(F)F)C1CC1)C(N)=O. The number of halogens is 3. The van der Waals surface area contributed by atoms with Gasteiger partial charge in [-0.15, -0.1) is 0 Å². The molecule has 4 N–H and O–H groups in total. The van der Waals surface area contributed by atoms with Crippen LogP contribution in [0.1, 0.15) is 39.0 Å². The van der Waals surface area contributed by atoms with Gasteiger partial charge in [-0.05, 0) is 45.6 Å². The van der Waals surface area contributed by atoms with Gasteiger partial charge in [-0.3, -0.25) is 9.69 Å². The standard InChI is InChI=1S/C12H22F3N3O/c1-11(17,10(16)19)6-2-3-7-18(9-4-5-9)8-12(13,14)15/h9H,2-8,17H2,1H3,(H2,16,19). The third kappa shape index (κ3) is 6.24. The number of rotatable bonds is 8. The fourth-order valence-electron chi connectivity index (χ4n) is 1.99. The van der Waals surface area contributed by atoms with Crippen LogP contribution in [0.5, 0.6) is 0 Å². The highest BCUT2D eigenvalue weighted by Gasteiger charge is 2.37. The quantitative estimate of drug-likeness (QED) is 0.660. The van der Waals surface area contributed by atoms with E-state index in [-0.39, 0.29) is 6.04 Å². The number of unbranched alkanes of at least 4 members (excludes halogenated alkanes) is 1. The smallest absolute Gasteiger partial charge is 0.368 e. The minimum absolute atomic E-state index is 0.0713. The Balaban J connectivity index is 2.28. The Morgan fingerprint density at radius 2 is 1.89 bits per heavy atom. The van der Waals surface area contributed by atoms with Crippen LogP contribution in [0.25, 0.3) is 0 Å². The molecule has 0 aromatic carbocycles. The summed E-state index contributed by atoms with van der Waals surface area (Å²) in [6.45, 7) is 1.08. The minimum atomic E-state index is -4.15. The van der Waals surface area contributed by atoms with E-state index >= 15 is 0 Å². The number of nitrogens with zero attached hydrogens (tertiary/aromatic N) is 1. The van der Waals surface area contributed by atoms with Crippen LogP contribution < -0.4 is 11.5 Å². The topological polar surface area (TPSA) is 72.3 Å². The van der Waals surface area contributed by atoms with Gasteiger partial charge in [0.2, 0.25) is 5.91 Å². The Morgan fingerprint density at radius 3 is 2.32 bits per heavy atom. The van der Waals surface area contributed by atoms with Gasteiger partial charge < -0.3 is 11.5 Å². The molecule has 1 atom stereocenters. The van der Waals surface area contributed by atoms with E-state index in [1.165, 1.54) is 4.90 Å². The molecule has 1 fully saturated rings. The fourth-order valence-corrected chi connectivity index (χ4v) is 1.99. The van der Waals surface area contributed by atoms with Gasteiger partial charge in [0, 0.05) is 6.04 Å². The first-order chi connectivity index (χ1) is 8.62. The number of hydrogen-bond acceptors (Lipinski definition) is 3. The number of nitrogens with two attached hydrogens (primary N) is 2. The monoisotopic (exact) mass is 281 g/mol. The lowest BCUT2D eigenvalue weighted by atomic mass is 9.95. The Hall–Kier alpha value is -0.820. The van der Waals surface area contributed by atoms with Crippen LogP contribution in [0, 0.1) is 0 Å². The first-order valence-electron chi connectivity index (χ1n) is 6.51. The number of amides is 1. The second-order valence-corrected chi connectivity index (χ2v) is 5.56. The molecular formula is C12H22F3N3O. The molecule has 19 heavy (non-hydrogen) atoms. The molecule has 0 bridgehead atoms. The third-order valence-electron chi connectivity index (χ3n) is 3.40. The molecule has 7 heteroatoms. The number of alkyl halides is 3. The van der Waals surface area contributed by atoms with Crippen LogP contribution in [-0.4, -0.2) is 41.7 Å². The van der Waals surface area contributed by atoms with Crippen LogP contribution >= 0.6 is 0 Å². The normalized spacial score (nSPS) is 19.5. The van der Waals surface area contributed by atoms with Crippen LogP contribution in [0.2, 0.25) is 0 Å². The summed E-state index contributed by atoms with van der Waals surface area (Å²) >= 11 is 0. The van der Waals surface area contributed by atoms with Gasteiger partial charge in [0.1, 0.15) is 0 Å². The molecule has 0 spiro atoms. The first kappa shape index (κ1) is 16.2. The highest BCUT2D eigenvalue weighted by atomic mass is 19.4. The molecule has 1 aliphatic rings. The van der Waals surface area contributed by atoms with Crippen molar-refractivity contribution in [2.24, 2.45) is 11.5 Å². The Morgan fingerprint density at radius 1 is 1.32 bits per heavy atom. The lowest BCUT2D eigenvalue weighted by Crippen LogP contribution is -2.49. The van der Waals surface area contributed by atoms with Crippen molar-refractivity contribution >= 4 is 5.91 Å². The largest absolute Gasteiger partial charge is 0.401 e. The maximum atomic E-state index is 12.4. The Bertz CT molecular complexity index is 314. The van der Waals surface area contributed by atoms with Crippen LogP contribution in [0.4, 0.5) is 13.2 Å². The molecule has 0 aromatic rings. The molecule has 4 nitrogen and oxygen atoms in total. The molecule has 0 aromatic heterocycles. The van der Waals surface area contributed by atoms with Gasteiger partial charge in [0.25, 0.3) is 0 Å². The maximum Gasteiger partial charge on any atom is 0.401 e. The zero-order valence-electron chi connectivity index (χ0n) is 11.2. The van der Waals surface area contributed by atoms with E-state index in [9.17, 15) is 18.0 Å². The summed E-state index contributed by atoms with van der Waals surface area (Å²) in [4.78, 5) is 12.5. The lowest BCUT2D eigenvalue weighted by Gasteiger charge is -2.24. The molecule has 0 heterocycles. The predicted molar refractivity (Wildman–Crippen MR) is 66.3 cm³/mol. The van der Waals surface area contributed by atoms with Gasteiger partial charge in [-0.2, -0.15) is 13.2 Å². The number of hydrogen-bond donors (Lipinski definition) is 2. The summed E-state index contributed by atoms with van der Waals surface area (Å²) in [5.74, 6) is -0.582. The van der Waals surface area contributed by atoms with E-state index in [0.29, 0.717) is 25.8 Å². The summed E-state index contributed by atoms with van der Waals surface area (Å²) in [5, 5.41) is 0. The number of primary amides is 1. The molecule has 1 unspecified atom stereocenters. The van der Waals surface area contributed by atoms with Crippen molar-refractivity contribution < 1.29 is 18.0 Å². The van der Waals surface area contributed by atoms with Gasteiger partial charge >= 0.3 is 6.18 Å². The number of carbonyl (C=O) groups excluding carboxylic acids is 1. The number of carbonyl (C=O) groups is 1. The average molecular weight is 281 g/mol. The van der Waals surface area contributed by atoms with Gasteiger partial charge in [-0.1, -0.05) is 0 Å². The fraction of sp³-hybridized carbons (Fsp3) is 0.917. The molecular weight excluding hydrogens is 259 g/mol. The zero-order chi connectivity index (χ0) is 14.7. The van der Waals surface area contributed by atoms with Crippen molar-refractivity contribution in [2.45, 2.75) is 56.8 Å². The van der Waals surface area contributed by atoms with Crippen molar-refractivity contribution in [3.63, 3.8) is 0 Å². The van der Waals surface area contributed by atoms with E-state index in [4.69, 9.17) is 11.5 Å². The summed E-state index contributed by atoms with van der Waals surface area (Å²) < 4.78 is 37.1. The van der Waals surface area contributed by atoms with Crippen molar-refractivity contribution in [3.05, 3.63) is 0 Å². The van der Waals surface area contributed by atoms with E-state index < -0.39 is 24.2 Å². The van der Waals surface area contributed by atoms with Crippen LogP contribution in [-0.2, 0) is 4.79 Å². The molecule has 112 valence electrons. The summed E-state index contributed by atoms with van der Waals surface area (Å²) in [7, 11) is 0. The molecule has 1 saturated carbocycles. The van der Waals surface area contributed by atoms with Gasteiger partial charge in [0.05, 0.1) is 12.1 Å².